The van der Waals surface area contributed by atoms with Gasteiger partial charge >= 0.3 is 12.3 Å². The monoisotopic (exact) mass is 352 g/mol. The van der Waals surface area contributed by atoms with Gasteiger partial charge in [0.2, 0.25) is 0 Å². The number of ether oxygens (including phenoxy) is 2. The first-order chi connectivity index (χ1) is 11.7. The summed E-state index contributed by atoms with van der Waals surface area (Å²) in [6.45, 7) is 8.10. The van der Waals surface area contributed by atoms with Gasteiger partial charge in [0.25, 0.3) is 0 Å². The van der Waals surface area contributed by atoms with Crippen LogP contribution in [0.1, 0.15) is 16.7 Å². The zero-order valence-electron chi connectivity index (χ0n) is 14.2. The van der Waals surface area contributed by atoms with Gasteiger partial charge in [-0.2, -0.15) is 0 Å². The molecule has 0 amide bonds. The van der Waals surface area contributed by atoms with Gasteiger partial charge in [-0.05, 0) is 43.5 Å². The van der Waals surface area contributed by atoms with Crippen molar-refractivity contribution >= 4 is 5.97 Å². The topological polar surface area (TPSA) is 35.5 Å². The van der Waals surface area contributed by atoms with Crippen LogP contribution < -0.4 is 9.47 Å². The van der Waals surface area contributed by atoms with Gasteiger partial charge in [0, 0.05) is 6.08 Å². The van der Waals surface area contributed by atoms with Gasteiger partial charge in [-0.15, -0.1) is 13.2 Å². The Morgan fingerprint density at radius 2 is 1.64 bits per heavy atom. The van der Waals surface area contributed by atoms with Gasteiger partial charge in [0.05, 0.1) is 0 Å². The molecule has 1 aromatic rings. The highest BCUT2D eigenvalue weighted by Gasteiger charge is 2.32. The normalized spacial score (nSPS) is 12.2. The molecule has 1 rings (SSSR count). The van der Waals surface area contributed by atoms with Crippen LogP contribution in [0, 0.1) is 20.8 Å². The van der Waals surface area contributed by atoms with Crippen LogP contribution in [0.25, 0.3) is 0 Å². The van der Waals surface area contributed by atoms with Gasteiger partial charge in [-0.25, -0.2) is 4.79 Å². The van der Waals surface area contributed by atoms with Crippen molar-refractivity contribution in [3.63, 3.8) is 0 Å². The number of hydrogen-bond donors (Lipinski definition) is 0. The van der Waals surface area contributed by atoms with E-state index in [2.05, 4.69) is 11.3 Å². The molecule has 0 unspecified atom stereocenters. The molecule has 0 saturated heterocycles. The largest absolute Gasteiger partial charge is 0.573 e. The van der Waals surface area contributed by atoms with E-state index in [1.54, 1.807) is 44.2 Å². The molecule has 0 N–H and O–H groups in total. The number of carbonyl (C=O) groups excluding carboxylic acids is 1. The van der Waals surface area contributed by atoms with Crippen LogP contribution in [0.3, 0.4) is 0 Å². The first-order valence-electron chi connectivity index (χ1n) is 7.36. The first kappa shape index (κ1) is 20.3. The van der Waals surface area contributed by atoms with E-state index >= 15 is 0 Å². The summed E-state index contributed by atoms with van der Waals surface area (Å²) in [5.74, 6) is -0.723. The van der Waals surface area contributed by atoms with E-state index in [-0.39, 0.29) is 17.1 Å². The standard InChI is InChI=1S/C19H19F3O3/c1-5-6-7-8-9-10-11-17(23)24-18-13(2)12-16(14(3)15(18)4)25-19(20,21)22/h5-12H,1H2,2-4H3. The highest BCUT2D eigenvalue weighted by Crippen LogP contribution is 2.35. The Hall–Kier alpha value is -2.76. The highest BCUT2D eigenvalue weighted by molar-refractivity contribution is 5.85. The molecule has 0 aromatic heterocycles. The highest BCUT2D eigenvalue weighted by atomic mass is 19.4. The molecular formula is C19H19F3O3. The molecule has 0 aliphatic carbocycles. The second-order valence-corrected chi connectivity index (χ2v) is 5.10. The number of benzene rings is 1. The van der Waals surface area contributed by atoms with Crippen LogP contribution in [0.2, 0.25) is 0 Å². The molecular weight excluding hydrogens is 333 g/mol. The first-order valence-corrected chi connectivity index (χ1v) is 7.36. The fourth-order valence-electron chi connectivity index (χ4n) is 1.95. The summed E-state index contributed by atoms with van der Waals surface area (Å²) in [6.07, 6.45) is 6.34. The van der Waals surface area contributed by atoms with Gasteiger partial charge in [0.1, 0.15) is 11.5 Å². The van der Waals surface area contributed by atoms with E-state index < -0.39 is 12.3 Å². The molecule has 0 radical (unpaired) electrons. The number of allylic oxidation sites excluding steroid dienone is 6. The summed E-state index contributed by atoms with van der Waals surface area (Å²) in [5, 5.41) is 0. The summed E-state index contributed by atoms with van der Waals surface area (Å²) in [6, 6.07) is 1.20. The molecule has 0 atom stereocenters. The Kier molecular flexibility index (Phi) is 7.23. The number of halogens is 3. The third-order valence-electron chi connectivity index (χ3n) is 3.22. The molecule has 0 bridgehead atoms. The molecule has 0 fully saturated rings. The predicted molar refractivity (Wildman–Crippen MR) is 90.6 cm³/mol. The van der Waals surface area contributed by atoms with E-state index in [4.69, 9.17) is 4.74 Å². The maximum Gasteiger partial charge on any atom is 0.573 e. The Balaban J connectivity index is 2.92. The van der Waals surface area contributed by atoms with Crippen LogP contribution >= 0.6 is 0 Å². The third-order valence-corrected chi connectivity index (χ3v) is 3.22. The number of carbonyl (C=O) groups is 1. The molecule has 3 nitrogen and oxygen atoms in total. The molecule has 1 aromatic carbocycles. The van der Waals surface area contributed by atoms with Crippen LogP contribution in [-0.4, -0.2) is 12.3 Å². The number of alkyl halides is 3. The Bertz CT molecular complexity index is 726. The van der Waals surface area contributed by atoms with Crippen molar-refractivity contribution in [1.29, 1.82) is 0 Å². The number of rotatable bonds is 6. The third kappa shape index (κ3) is 6.71. The fourth-order valence-corrected chi connectivity index (χ4v) is 1.95. The van der Waals surface area contributed by atoms with E-state index in [0.717, 1.165) is 0 Å². The van der Waals surface area contributed by atoms with Gasteiger partial charge in [0.15, 0.2) is 0 Å². The Morgan fingerprint density at radius 3 is 2.24 bits per heavy atom. The average molecular weight is 352 g/mol. The SMILES string of the molecule is C=CC=CC=CC=CC(=O)Oc1c(C)cc(OC(F)(F)F)c(C)c1C. The molecule has 0 spiro atoms. The lowest BCUT2D eigenvalue weighted by Crippen LogP contribution is -2.18. The lowest BCUT2D eigenvalue weighted by molar-refractivity contribution is -0.274. The van der Waals surface area contributed by atoms with Crippen molar-refractivity contribution in [3.8, 4) is 11.5 Å². The van der Waals surface area contributed by atoms with E-state index in [0.29, 0.717) is 11.1 Å². The number of esters is 1. The van der Waals surface area contributed by atoms with Crippen LogP contribution in [-0.2, 0) is 4.79 Å². The smallest absolute Gasteiger partial charge is 0.423 e. The lowest BCUT2D eigenvalue weighted by atomic mass is 10.0. The second kappa shape index (κ2) is 8.92. The minimum Gasteiger partial charge on any atom is -0.423 e. The van der Waals surface area contributed by atoms with E-state index in [1.807, 2.05) is 0 Å². The second-order valence-electron chi connectivity index (χ2n) is 5.10. The summed E-state index contributed by atoms with van der Waals surface area (Å²) in [4.78, 5) is 11.8. The predicted octanol–water partition coefficient (Wildman–Crippen LogP) is 5.27. The molecule has 0 aliphatic rings. The Labute approximate surface area is 144 Å². The summed E-state index contributed by atoms with van der Waals surface area (Å²) < 4.78 is 46.5. The lowest BCUT2D eigenvalue weighted by Gasteiger charge is -2.17. The molecule has 0 heterocycles. The van der Waals surface area contributed by atoms with Gasteiger partial charge < -0.3 is 9.47 Å². The molecule has 6 heteroatoms. The van der Waals surface area contributed by atoms with Crippen molar-refractivity contribution in [2.45, 2.75) is 27.1 Å². The van der Waals surface area contributed by atoms with Gasteiger partial charge in [-0.1, -0.05) is 43.0 Å². The maximum atomic E-state index is 12.4. The maximum absolute atomic E-state index is 12.4. The van der Waals surface area contributed by atoms with Crippen molar-refractivity contribution in [1.82, 2.24) is 0 Å². The molecule has 0 aliphatic heterocycles. The van der Waals surface area contributed by atoms with Crippen molar-refractivity contribution < 1.29 is 27.4 Å². The van der Waals surface area contributed by atoms with E-state index in [9.17, 15) is 18.0 Å². The molecule has 25 heavy (non-hydrogen) atoms. The zero-order valence-corrected chi connectivity index (χ0v) is 14.2. The molecule has 134 valence electrons. The van der Waals surface area contributed by atoms with Crippen LogP contribution in [0.5, 0.6) is 11.5 Å². The van der Waals surface area contributed by atoms with Crippen LogP contribution in [0.15, 0.2) is 55.2 Å². The van der Waals surface area contributed by atoms with Crippen molar-refractivity contribution in [3.05, 3.63) is 71.9 Å². The average Bonchev–Trinajstić information content (AvgIpc) is 2.51. The zero-order chi connectivity index (χ0) is 19.0. The number of hydrogen-bond acceptors (Lipinski definition) is 3. The van der Waals surface area contributed by atoms with Crippen LogP contribution in [0.4, 0.5) is 13.2 Å². The minimum atomic E-state index is -4.78. The Morgan fingerprint density at radius 1 is 1.04 bits per heavy atom. The summed E-state index contributed by atoms with van der Waals surface area (Å²) in [7, 11) is 0. The minimum absolute atomic E-state index is 0.220. The fraction of sp³-hybridized carbons (Fsp3) is 0.211. The quantitative estimate of drug-likeness (QED) is 0.303. The number of aryl methyl sites for hydroxylation is 1. The van der Waals surface area contributed by atoms with E-state index in [1.165, 1.54) is 25.1 Å². The van der Waals surface area contributed by atoms with Crippen molar-refractivity contribution in [2.24, 2.45) is 0 Å². The van der Waals surface area contributed by atoms with Gasteiger partial charge in [-0.3, -0.25) is 0 Å². The summed E-state index contributed by atoms with van der Waals surface area (Å²) in [5.41, 5.74) is 1.03. The van der Waals surface area contributed by atoms with Crippen molar-refractivity contribution in [2.75, 3.05) is 0 Å². The summed E-state index contributed by atoms with van der Waals surface area (Å²) >= 11 is 0. The molecule has 0 saturated carbocycles.